The Morgan fingerprint density at radius 3 is 2.52 bits per heavy atom. The highest BCUT2D eigenvalue weighted by Crippen LogP contribution is 2.43. The molecule has 2 atom stereocenters. The first-order chi connectivity index (χ1) is 20.3. The van der Waals surface area contributed by atoms with E-state index in [-0.39, 0.29) is 18.2 Å². The maximum absolute atomic E-state index is 13.3. The molecule has 9 heteroatoms. The topological polar surface area (TPSA) is 84.5 Å². The fraction of sp³-hybridized carbons (Fsp3) is 0.242. The van der Waals surface area contributed by atoms with E-state index in [1.54, 1.807) is 12.1 Å². The predicted octanol–water partition coefficient (Wildman–Crippen LogP) is 7.76. The van der Waals surface area contributed by atoms with Crippen LogP contribution in [0.1, 0.15) is 51.2 Å². The van der Waals surface area contributed by atoms with Crippen molar-refractivity contribution in [3.05, 3.63) is 111 Å². The van der Waals surface area contributed by atoms with Crippen LogP contribution in [0.4, 0.5) is 10.7 Å². The van der Waals surface area contributed by atoms with Crippen molar-refractivity contribution in [2.24, 2.45) is 0 Å². The lowest BCUT2D eigenvalue weighted by Crippen LogP contribution is -2.23. The Bertz CT molecular complexity index is 1590. The second-order valence-electron chi connectivity index (χ2n) is 10.2. The van der Waals surface area contributed by atoms with Crippen molar-refractivity contribution in [1.29, 1.82) is 0 Å². The van der Waals surface area contributed by atoms with E-state index < -0.39 is 11.2 Å². The summed E-state index contributed by atoms with van der Waals surface area (Å²) in [5, 5.41) is 6.65. The van der Waals surface area contributed by atoms with E-state index >= 15 is 0 Å². The Labute approximate surface area is 258 Å². The molecule has 3 aromatic carbocycles. The number of ether oxygens (including phenoxy) is 1. The molecule has 2 N–H and O–H groups in total. The molecule has 0 bridgehead atoms. The minimum absolute atomic E-state index is 0.142. The summed E-state index contributed by atoms with van der Waals surface area (Å²) in [6, 6.07) is 25.0. The quantitative estimate of drug-likeness (QED) is 0.148. The van der Waals surface area contributed by atoms with Gasteiger partial charge in [0.25, 0.3) is 0 Å². The first-order valence-electron chi connectivity index (χ1n) is 13.7. The standard InChI is InChI=1S/C33H31ClN2O4S2/c1-20(41-26-10-6-9-25(19-26)35-29(37)17-21-11-14-24(34)15-12-21)31(38)36-32-30(33(39)40-2)27-16-13-23(18-28(27)42-32)22-7-4-3-5-8-22/h3-12,14-15,19-20,23H,13,16-18H2,1-2H3,(H,35,37)(H,36,38). The molecule has 2 amide bonds. The number of hydrogen-bond acceptors (Lipinski definition) is 6. The van der Waals surface area contributed by atoms with Gasteiger partial charge in [-0.25, -0.2) is 4.79 Å². The number of carbonyl (C=O) groups is 3. The van der Waals surface area contributed by atoms with E-state index in [4.69, 9.17) is 16.3 Å². The zero-order chi connectivity index (χ0) is 29.6. The molecule has 4 aromatic rings. The van der Waals surface area contributed by atoms with Crippen LogP contribution in [0.5, 0.6) is 0 Å². The van der Waals surface area contributed by atoms with Crippen LogP contribution in [0.15, 0.2) is 83.8 Å². The molecule has 6 nitrogen and oxygen atoms in total. The number of amides is 2. The van der Waals surface area contributed by atoms with Gasteiger partial charge in [0.1, 0.15) is 5.00 Å². The third kappa shape index (κ3) is 7.24. The number of esters is 1. The Balaban J connectivity index is 1.24. The molecule has 0 saturated heterocycles. The molecule has 0 fully saturated rings. The van der Waals surface area contributed by atoms with Gasteiger partial charge < -0.3 is 15.4 Å². The molecule has 1 aliphatic rings. The van der Waals surface area contributed by atoms with Crippen molar-refractivity contribution in [2.45, 2.75) is 48.7 Å². The van der Waals surface area contributed by atoms with Gasteiger partial charge in [-0.15, -0.1) is 23.1 Å². The molecule has 0 spiro atoms. The van der Waals surface area contributed by atoms with Gasteiger partial charge in [-0.1, -0.05) is 60.1 Å². The molecular weight excluding hydrogens is 588 g/mol. The number of benzene rings is 3. The molecular formula is C33H31ClN2O4S2. The van der Waals surface area contributed by atoms with Crippen molar-refractivity contribution in [1.82, 2.24) is 0 Å². The zero-order valence-corrected chi connectivity index (χ0v) is 25.7. The summed E-state index contributed by atoms with van der Waals surface area (Å²) in [6.45, 7) is 1.82. The lowest BCUT2D eigenvalue weighted by Gasteiger charge is -2.22. The average molecular weight is 619 g/mol. The number of nitrogens with one attached hydrogen (secondary N) is 2. The van der Waals surface area contributed by atoms with Crippen molar-refractivity contribution in [2.75, 3.05) is 17.7 Å². The third-order valence-corrected chi connectivity index (χ3v) is 9.76. The van der Waals surface area contributed by atoms with Crippen LogP contribution in [-0.4, -0.2) is 30.1 Å². The summed E-state index contributed by atoms with van der Waals surface area (Å²) in [4.78, 5) is 40.6. The van der Waals surface area contributed by atoms with Crippen LogP contribution in [0.2, 0.25) is 5.02 Å². The lowest BCUT2D eigenvalue weighted by atomic mass is 9.83. The van der Waals surface area contributed by atoms with Crippen LogP contribution in [0.25, 0.3) is 0 Å². The predicted molar refractivity (Wildman–Crippen MR) is 171 cm³/mol. The fourth-order valence-corrected chi connectivity index (χ4v) is 7.48. The second-order valence-corrected chi connectivity index (χ2v) is 13.1. The van der Waals surface area contributed by atoms with Gasteiger partial charge in [0, 0.05) is 20.5 Å². The number of methoxy groups -OCH3 is 1. The largest absolute Gasteiger partial charge is 0.465 e. The lowest BCUT2D eigenvalue weighted by molar-refractivity contribution is -0.116. The van der Waals surface area contributed by atoms with E-state index in [1.165, 1.54) is 35.8 Å². The highest BCUT2D eigenvalue weighted by atomic mass is 35.5. The van der Waals surface area contributed by atoms with Gasteiger partial charge in [-0.3, -0.25) is 9.59 Å². The Hall–Kier alpha value is -3.59. The minimum Gasteiger partial charge on any atom is -0.465 e. The van der Waals surface area contributed by atoms with Gasteiger partial charge in [0.05, 0.1) is 24.3 Å². The normalized spacial score (nSPS) is 14.9. The van der Waals surface area contributed by atoms with Gasteiger partial charge in [0.2, 0.25) is 11.8 Å². The van der Waals surface area contributed by atoms with Crippen LogP contribution >= 0.6 is 34.7 Å². The van der Waals surface area contributed by atoms with Crippen molar-refractivity contribution in [3.8, 4) is 0 Å². The van der Waals surface area contributed by atoms with Crippen LogP contribution < -0.4 is 10.6 Å². The average Bonchev–Trinajstić information content (AvgIpc) is 3.35. The number of anilines is 2. The van der Waals surface area contributed by atoms with Crippen LogP contribution in [0.3, 0.4) is 0 Å². The number of carbonyl (C=O) groups excluding carboxylic acids is 3. The van der Waals surface area contributed by atoms with Gasteiger partial charge in [-0.2, -0.15) is 0 Å². The summed E-state index contributed by atoms with van der Waals surface area (Å²) < 4.78 is 5.11. The number of fused-ring (bicyclic) bond motifs is 1. The van der Waals surface area contributed by atoms with Gasteiger partial charge in [-0.05, 0) is 79.1 Å². The number of thiophene rings is 1. The number of rotatable bonds is 9. The Morgan fingerprint density at radius 2 is 1.79 bits per heavy atom. The summed E-state index contributed by atoms with van der Waals surface area (Å²) in [6.07, 6.45) is 2.74. The van der Waals surface area contributed by atoms with Crippen molar-refractivity contribution < 1.29 is 19.1 Å². The van der Waals surface area contributed by atoms with E-state index in [2.05, 4.69) is 34.9 Å². The molecule has 1 heterocycles. The summed E-state index contributed by atoms with van der Waals surface area (Å²) in [5.41, 5.74) is 4.26. The van der Waals surface area contributed by atoms with E-state index in [1.807, 2.05) is 49.4 Å². The molecule has 0 radical (unpaired) electrons. The van der Waals surface area contributed by atoms with Crippen molar-refractivity contribution in [3.63, 3.8) is 0 Å². The molecule has 216 valence electrons. The van der Waals surface area contributed by atoms with Gasteiger partial charge in [0.15, 0.2) is 0 Å². The van der Waals surface area contributed by atoms with Gasteiger partial charge >= 0.3 is 5.97 Å². The zero-order valence-electron chi connectivity index (χ0n) is 23.3. The Kier molecular flexibility index (Phi) is 9.67. The number of hydrogen-bond donors (Lipinski definition) is 2. The molecule has 42 heavy (non-hydrogen) atoms. The Morgan fingerprint density at radius 1 is 1.02 bits per heavy atom. The monoisotopic (exact) mass is 618 g/mol. The first kappa shape index (κ1) is 29.9. The maximum Gasteiger partial charge on any atom is 0.341 e. The first-order valence-corrected chi connectivity index (χ1v) is 15.8. The molecule has 0 aliphatic heterocycles. The smallest absolute Gasteiger partial charge is 0.341 e. The molecule has 5 rings (SSSR count). The minimum atomic E-state index is -0.452. The summed E-state index contributed by atoms with van der Waals surface area (Å²) >= 11 is 8.78. The highest BCUT2D eigenvalue weighted by molar-refractivity contribution is 8.00. The molecule has 2 unspecified atom stereocenters. The second kappa shape index (κ2) is 13.6. The summed E-state index contributed by atoms with van der Waals surface area (Å²) in [5.74, 6) is -0.402. The summed E-state index contributed by atoms with van der Waals surface area (Å²) in [7, 11) is 1.37. The van der Waals surface area contributed by atoms with E-state index in [9.17, 15) is 14.4 Å². The van der Waals surface area contributed by atoms with E-state index in [0.717, 1.165) is 40.2 Å². The SMILES string of the molecule is COC(=O)c1c(NC(=O)C(C)Sc2cccc(NC(=O)Cc3ccc(Cl)cc3)c2)sc2c1CCC(c1ccccc1)C2. The molecule has 1 aliphatic carbocycles. The van der Waals surface area contributed by atoms with Crippen LogP contribution in [-0.2, 0) is 33.6 Å². The van der Waals surface area contributed by atoms with E-state index in [0.29, 0.717) is 27.2 Å². The maximum atomic E-state index is 13.3. The molecule has 0 saturated carbocycles. The van der Waals surface area contributed by atoms with Crippen molar-refractivity contribution >= 4 is 63.2 Å². The fourth-order valence-electron chi connectivity index (χ4n) is 5.11. The highest BCUT2D eigenvalue weighted by Gasteiger charge is 2.31. The van der Waals surface area contributed by atoms with Crippen LogP contribution in [0, 0.1) is 0 Å². The number of halogens is 1. The third-order valence-electron chi connectivity index (χ3n) is 7.24. The molecule has 1 aromatic heterocycles. The number of thioether (sulfide) groups is 1.